The third-order valence-electron chi connectivity index (χ3n) is 1.98. The van der Waals surface area contributed by atoms with Gasteiger partial charge in [0.05, 0.1) is 7.11 Å². The number of ether oxygens (including phenoxy) is 1. The summed E-state index contributed by atoms with van der Waals surface area (Å²) in [5, 5.41) is 5.42. The van der Waals surface area contributed by atoms with Gasteiger partial charge in [0, 0.05) is 12.2 Å². The fourth-order valence-electron chi connectivity index (χ4n) is 1.14. The highest BCUT2D eigenvalue weighted by Crippen LogP contribution is 2.14. The molecule has 0 aliphatic rings. The van der Waals surface area contributed by atoms with E-state index in [1.165, 1.54) is 0 Å². The van der Waals surface area contributed by atoms with Gasteiger partial charge in [-0.1, -0.05) is 6.08 Å². The summed E-state index contributed by atoms with van der Waals surface area (Å²) < 4.78 is 5.01. The first-order valence-corrected chi connectivity index (χ1v) is 5.06. The van der Waals surface area contributed by atoms with Crippen molar-refractivity contribution in [1.29, 1.82) is 0 Å². The van der Waals surface area contributed by atoms with Crippen molar-refractivity contribution in [3.05, 3.63) is 36.9 Å². The molecule has 0 aromatic heterocycles. The Bertz CT molecular complexity index is 347. The van der Waals surface area contributed by atoms with Crippen LogP contribution in [0.3, 0.4) is 0 Å². The fraction of sp³-hybridized carbons (Fsp3) is 0.250. The van der Waals surface area contributed by atoms with E-state index in [0.29, 0.717) is 6.54 Å². The molecule has 0 saturated heterocycles. The first kappa shape index (κ1) is 12.1. The number of hydrogen-bond donors (Lipinski definition) is 2. The Morgan fingerprint density at radius 1 is 1.44 bits per heavy atom. The molecule has 16 heavy (non-hydrogen) atoms. The standard InChI is InChI=1S/C12H16N2O2/c1-3-4-9-13-12(15)14-10-5-7-11(16-2)8-6-10/h3,5-8H,1,4,9H2,2H3,(H2,13,14,15). The molecular formula is C12H16N2O2. The molecule has 2 N–H and O–H groups in total. The minimum atomic E-state index is -0.216. The Hall–Kier alpha value is -1.97. The van der Waals surface area contributed by atoms with Crippen LogP contribution in [0, 0.1) is 0 Å². The molecule has 1 aromatic carbocycles. The quantitative estimate of drug-likeness (QED) is 0.591. The van der Waals surface area contributed by atoms with E-state index in [9.17, 15) is 4.79 Å². The molecular weight excluding hydrogens is 204 g/mol. The van der Waals surface area contributed by atoms with Crippen LogP contribution in [-0.2, 0) is 0 Å². The van der Waals surface area contributed by atoms with Gasteiger partial charge in [0.25, 0.3) is 0 Å². The predicted octanol–water partition coefficient (Wildman–Crippen LogP) is 2.39. The van der Waals surface area contributed by atoms with Crippen molar-refractivity contribution >= 4 is 11.7 Å². The Morgan fingerprint density at radius 2 is 2.12 bits per heavy atom. The number of amides is 2. The van der Waals surface area contributed by atoms with Crippen LogP contribution in [0.5, 0.6) is 5.75 Å². The number of carbonyl (C=O) groups excluding carboxylic acids is 1. The maximum absolute atomic E-state index is 11.4. The third kappa shape index (κ3) is 4.04. The highest BCUT2D eigenvalue weighted by Gasteiger charge is 1.99. The van der Waals surface area contributed by atoms with Gasteiger partial charge in [-0.25, -0.2) is 4.79 Å². The zero-order chi connectivity index (χ0) is 11.8. The molecule has 0 bridgehead atoms. The van der Waals surface area contributed by atoms with Crippen LogP contribution in [0.15, 0.2) is 36.9 Å². The molecule has 0 unspecified atom stereocenters. The summed E-state index contributed by atoms with van der Waals surface area (Å²) in [7, 11) is 1.60. The molecule has 0 heterocycles. The maximum Gasteiger partial charge on any atom is 0.319 e. The lowest BCUT2D eigenvalue weighted by Gasteiger charge is -2.07. The lowest BCUT2D eigenvalue weighted by molar-refractivity contribution is 0.252. The van der Waals surface area contributed by atoms with E-state index >= 15 is 0 Å². The number of carbonyl (C=O) groups is 1. The molecule has 2 amide bonds. The van der Waals surface area contributed by atoms with E-state index in [0.717, 1.165) is 17.9 Å². The SMILES string of the molecule is C=CCCNC(=O)Nc1ccc(OC)cc1. The minimum absolute atomic E-state index is 0.216. The predicted molar refractivity (Wildman–Crippen MR) is 64.8 cm³/mol. The number of urea groups is 1. The van der Waals surface area contributed by atoms with Gasteiger partial charge in [-0.15, -0.1) is 6.58 Å². The summed E-state index contributed by atoms with van der Waals surface area (Å²) in [5.41, 5.74) is 0.733. The van der Waals surface area contributed by atoms with E-state index in [4.69, 9.17) is 4.74 Å². The molecule has 0 atom stereocenters. The Kier molecular flexibility index (Phi) is 4.92. The van der Waals surface area contributed by atoms with Crippen molar-refractivity contribution in [2.75, 3.05) is 19.0 Å². The number of nitrogens with one attached hydrogen (secondary N) is 2. The van der Waals surface area contributed by atoms with Gasteiger partial charge in [-0.2, -0.15) is 0 Å². The molecule has 0 aliphatic heterocycles. The van der Waals surface area contributed by atoms with Gasteiger partial charge in [-0.3, -0.25) is 0 Å². The molecule has 4 nitrogen and oxygen atoms in total. The van der Waals surface area contributed by atoms with Crippen LogP contribution in [0.1, 0.15) is 6.42 Å². The smallest absolute Gasteiger partial charge is 0.319 e. The number of rotatable bonds is 5. The summed E-state index contributed by atoms with van der Waals surface area (Å²) in [4.78, 5) is 11.4. The van der Waals surface area contributed by atoms with Gasteiger partial charge in [0.15, 0.2) is 0 Å². The molecule has 1 aromatic rings. The zero-order valence-corrected chi connectivity index (χ0v) is 9.32. The van der Waals surface area contributed by atoms with Crippen molar-refractivity contribution in [3.8, 4) is 5.75 Å². The van der Waals surface area contributed by atoms with Gasteiger partial charge in [0.1, 0.15) is 5.75 Å². The molecule has 86 valence electrons. The summed E-state index contributed by atoms with van der Waals surface area (Å²) in [5.74, 6) is 0.762. The highest BCUT2D eigenvalue weighted by atomic mass is 16.5. The second-order valence-corrected chi connectivity index (χ2v) is 3.19. The van der Waals surface area contributed by atoms with Crippen LogP contribution < -0.4 is 15.4 Å². The normalized spacial score (nSPS) is 9.31. The van der Waals surface area contributed by atoms with Crippen molar-refractivity contribution in [2.45, 2.75) is 6.42 Å². The number of anilines is 1. The van der Waals surface area contributed by atoms with E-state index in [-0.39, 0.29) is 6.03 Å². The van der Waals surface area contributed by atoms with E-state index in [2.05, 4.69) is 17.2 Å². The Labute approximate surface area is 95.3 Å². The molecule has 4 heteroatoms. The van der Waals surface area contributed by atoms with Crippen LogP contribution in [0.25, 0.3) is 0 Å². The molecule has 0 spiro atoms. The number of hydrogen-bond acceptors (Lipinski definition) is 2. The summed E-state index contributed by atoms with van der Waals surface area (Å²) in [6.07, 6.45) is 2.52. The average molecular weight is 220 g/mol. The van der Waals surface area contributed by atoms with Crippen molar-refractivity contribution in [2.24, 2.45) is 0 Å². The number of benzene rings is 1. The highest BCUT2D eigenvalue weighted by molar-refractivity contribution is 5.89. The van der Waals surface area contributed by atoms with Crippen molar-refractivity contribution < 1.29 is 9.53 Å². The van der Waals surface area contributed by atoms with E-state index < -0.39 is 0 Å². The summed E-state index contributed by atoms with van der Waals surface area (Å²) in [6, 6.07) is 6.93. The van der Waals surface area contributed by atoms with Crippen molar-refractivity contribution in [3.63, 3.8) is 0 Å². The molecule has 1 rings (SSSR count). The van der Waals surface area contributed by atoms with E-state index in [1.807, 2.05) is 0 Å². The van der Waals surface area contributed by atoms with Crippen LogP contribution >= 0.6 is 0 Å². The second-order valence-electron chi connectivity index (χ2n) is 3.19. The van der Waals surface area contributed by atoms with Gasteiger partial charge in [-0.05, 0) is 30.7 Å². The van der Waals surface area contributed by atoms with Crippen LogP contribution in [-0.4, -0.2) is 19.7 Å². The third-order valence-corrected chi connectivity index (χ3v) is 1.98. The monoisotopic (exact) mass is 220 g/mol. The molecule has 0 radical (unpaired) electrons. The fourth-order valence-corrected chi connectivity index (χ4v) is 1.14. The lowest BCUT2D eigenvalue weighted by Crippen LogP contribution is -2.29. The van der Waals surface area contributed by atoms with Gasteiger partial charge in [0.2, 0.25) is 0 Å². The average Bonchev–Trinajstić information content (AvgIpc) is 2.30. The van der Waals surface area contributed by atoms with Crippen LogP contribution in [0.4, 0.5) is 10.5 Å². The van der Waals surface area contributed by atoms with Gasteiger partial charge >= 0.3 is 6.03 Å². The molecule has 0 saturated carbocycles. The van der Waals surface area contributed by atoms with Gasteiger partial charge < -0.3 is 15.4 Å². The summed E-state index contributed by atoms with van der Waals surface area (Å²) >= 11 is 0. The molecule has 0 fully saturated rings. The topological polar surface area (TPSA) is 50.4 Å². The first-order chi connectivity index (χ1) is 7.76. The lowest BCUT2D eigenvalue weighted by atomic mass is 10.3. The summed E-state index contributed by atoms with van der Waals surface area (Å²) in [6.45, 7) is 4.16. The Morgan fingerprint density at radius 3 is 2.69 bits per heavy atom. The minimum Gasteiger partial charge on any atom is -0.497 e. The first-order valence-electron chi connectivity index (χ1n) is 5.06. The number of methoxy groups -OCH3 is 1. The van der Waals surface area contributed by atoms with E-state index in [1.54, 1.807) is 37.5 Å². The molecule has 0 aliphatic carbocycles. The second kappa shape index (κ2) is 6.50. The van der Waals surface area contributed by atoms with Crippen molar-refractivity contribution in [1.82, 2.24) is 5.32 Å². The maximum atomic E-state index is 11.4. The largest absolute Gasteiger partial charge is 0.497 e. The van der Waals surface area contributed by atoms with Crippen LogP contribution in [0.2, 0.25) is 0 Å². The Balaban J connectivity index is 2.40. The zero-order valence-electron chi connectivity index (χ0n) is 9.32.